The molecule has 0 radical (unpaired) electrons. The van der Waals surface area contributed by atoms with Crippen molar-refractivity contribution in [2.24, 2.45) is 0 Å². The fourth-order valence-corrected chi connectivity index (χ4v) is 3.24. The van der Waals surface area contributed by atoms with Gasteiger partial charge >= 0.3 is 5.97 Å². The van der Waals surface area contributed by atoms with E-state index in [9.17, 15) is 14.7 Å². The Morgan fingerprint density at radius 1 is 1.25 bits per heavy atom. The monoisotopic (exact) mass is 284 g/mol. The Morgan fingerprint density at radius 3 is 2.05 bits per heavy atom. The number of rotatable bonds is 6. The molecule has 116 valence electrons. The zero-order chi connectivity index (χ0) is 15.5. The molecule has 1 aliphatic heterocycles. The second-order valence-electron chi connectivity index (χ2n) is 5.98. The maximum atomic E-state index is 12.4. The molecular formula is C15H28N2O3. The van der Waals surface area contributed by atoms with Gasteiger partial charge in [0.1, 0.15) is 5.54 Å². The highest BCUT2D eigenvalue weighted by Gasteiger charge is 2.40. The van der Waals surface area contributed by atoms with Crippen LogP contribution >= 0.6 is 0 Å². The van der Waals surface area contributed by atoms with Crippen LogP contribution in [0, 0.1) is 0 Å². The van der Waals surface area contributed by atoms with Crippen molar-refractivity contribution in [2.75, 3.05) is 0 Å². The molecule has 1 saturated heterocycles. The zero-order valence-electron chi connectivity index (χ0n) is 13.3. The Labute approximate surface area is 121 Å². The molecule has 1 amide bonds. The van der Waals surface area contributed by atoms with E-state index in [1.165, 1.54) is 0 Å². The van der Waals surface area contributed by atoms with Crippen molar-refractivity contribution in [3.05, 3.63) is 0 Å². The molecule has 2 N–H and O–H groups in total. The number of carbonyl (C=O) groups excluding carboxylic acids is 1. The van der Waals surface area contributed by atoms with Crippen molar-refractivity contribution < 1.29 is 14.7 Å². The second-order valence-corrected chi connectivity index (χ2v) is 5.98. The molecule has 1 heterocycles. The van der Waals surface area contributed by atoms with Crippen LogP contribution in [0.3, 0.4) is 0 Å². The number of amides is 1. The van der Waals surface area contributed by atoms with Gasteiger partial charge in [0, 0.05) is 12.1 Å². The van der Waals surface area contributed by atoms with Gasteiger partial charge in [-0.05, 0) is 46.5 Å². The molecule has 0 aromatic rings. The third-order valence-corrected chi connectivity index (χ3v) is 4.83. The number of carbonyl (C=O) groups is 2. The largest absolute Gasteiger partial charge is 0.480 e. The SMILES string of the molecule is CCC(CC)(NC(=O)C(C)N1C(C)CCC1C)C(=O)O. The highest BCUT2D eigenvalue weighted by Crippen LogP contribution is 2.26. The number of hydrogen-bond donors (Lipinski definition) is 2. The molecule has 1 aliphatic rings. The van der Waals surface area contributed by atoms with Gasteiger partial charge < -0.3 is 10.4 Å². The molecule has 5 heteroatoms. The topological polar surface area (TPSA) is 69.6 Å². The second kappa shape index (κ2) is 6.57. The summed E-state index contributed by atoms with van der Waals surface area (Å²) >= 11 is 0. The van der Waals surface area contributed by atoms with Crippen LogP contribution in [0.5, 0.6) is 0 Å². The van der Waals surface area contributed by atoms with E-state index in [0.29, 0.717) is 24.9 Å². The van der Waals surface area contributed by atoms with Crippen molar-refractivity contribution in [1.29, 1.82) is 0 Å². The van der Waals surface area contributed by atoms with Crippen molar-refractivity contribution in [1.82, 2.24) is 10.2 Å². The molecule has 3 atom stereocenters. The molecule has 0 aliphatic carbocycles. The summed E-state index contributed by atoms with van der Waals surface area (Å²) in [6, 6.07) is 0.445. The average molecular weight is 284 g/mol. The summed E-state index contributed by atoms with van der Waals surface area (Å²) in [5.41, 5.74) is -1.14. The fourth-order valence-electron chi connectivity index (χ4n) is 3.24. The summed E-state index contributed by atoms with van der Waals surface area (Å²) in [7, 11) is 0. The van der Waals surface area contributed by atoms with E-state index >= 15 is 0 Å². The highest BCUT2D eigenvalue weighted by atomic mass is 16.4. The Bertz CT molecular complexity index is 356. The van der Waals surface area contributed by atoms with Crippen LogP contribution in [0.2, 0.25) is 0 Å². The van der Waals surface area contributed by atoms with E-state index in [1.54, 1.807) is 13.8 Å². The predicted octanol–water partition coefficient (Wildman–Crippen LogP) is 2.01. The smallest absolute Gasteiger partial charge is 0.329 e. The number of carboxylic acid groups (broad SMARTS) is 1. The average Bonchev–Trinajstić information content (AvgIpc) is 2.74. The molecular weight excluding hydrogens is 256 g/mol. The van der Waals surface area contributed by atoms with E-state index < -0.39 is 11.5 Å². The summed E-state index contributed by atoms with van der Waals surface area (Å²) in [4.78, 5) is 26.1. The van der Waals surface area contributed by atoms with Crippen molar-refractivity contribution in [3.63, 3.8) is 0 Å². The van der Waals surface area contributed by atoms with Crippen molar-refractivity contribution in [3.8, 4) is 0 Å². The minimum Gasteiger partial charge on any atom is -0.480 e. The lowest BCUT2D eigenvalue weighted by atomic mass is 9.92. The first-order valence-electron chi connectivity index (χ1n) is 7.61. The predicted molar refractivity (Wildman–Crippen MR) is 78.6 cm³/mol. The summed E-state index contributed by atoms with van der Waals surface area (Å²) in [6.07, 6.45) is 2.96. The molecule has 1 fully saturated rings. The third-order valence-electron chi connectivity index (χ3n) is 4.83. The van der Waals surface area contributed by atoms with Gasteiger partial charge in [0.05, 0.1) is 6.04 Å². The molecule has 0 saturated carbocycles. The maximum absolute atomic E-state index is 12.4. The Hall–Kier alpha value is -1.10. The van der Waals surface area contributed by atoms with E-state index in [0.717, 1.165) is 12.8 Å². The number of nitrogens with one attached hydrogen (secondary N) is 1. The molecule has 0 bridgehead atoms. The normalized spacial score (nSPS) is 25.4. The van der Waals surface area contributed by atoms with E-state index in [4.69, 9.17) is 0 Å². The van der Waals surface area contributed by atoms with E-state index in [-0.39, 0.29) is 11.9 Å². The fraction of sp³-hybridized carbons (Fsp3) is 0.867. The number of carboxylic acids is 1. The van der Waals surface area contributed by atoms with E-state index in [1.807, 2.05) is 6.92 Å². The van der Waals surface area contributed by atoms with Crippen LogP contribution in [0.15, 0.2) is 0 Å². The molecule has 0 aromatic heterocycles. The quantitative estimate of drug-likeness (QED) is 0.783. The summed E-state index contributed by atoms with van der Waals surface area (Å²) < 4.78 is 0. The van der Waals surface area contributed by atoms with Gasteiger partial charge in [-0.2, -0.15) is 0 Å². The van der Waals surface area contributed by atoms with Gasteiger partial charge in [-0.3, -0.25) is 9.69 Å². The van der Waals surface area contributed by atoms with Gasteiger partial charge in [0.2, 0.25) is 5.91 Å². The van der Waals surface area contributed by atoms with Crippen LogP contribution in [-0.2, 0) is 9.59 Å². The molecule has 1 rings (SSSR count). The first kappa shape index (κ1) is 17.0. The summed E-state index contributed by atoms with van der Waals surface area (Å²) in [5.74, 6) is -1.14. The molecule has 0 aromatic carbocycles. The lowest BCUT2D eigenvalue weighted by molar-refractivity contribution is -0.149. The standard InChI is InChI=1S/C15H28N2O3/c1-6-15(7-2,14(19)20)16-13(18)12(5)17-10(3)8-9-11(17)4/h10-12H,6-9H2,1-5H3,(H,16,18)(H,19,20). The van der Waals surface area contributed by atoms with Crippen molar-refractivity contribution >= 4 is 11.9 Å². The first-order chi connectivity index (χ1) is 9.29. The third kappa shape index (κ3) is 3.14. The number of aliphatic carboxylic acids is 1. The zero-order valence-corrected chi connectivity index (χ0v) is 13.3. The summed E-state index contributed by atoms with van der Waals surface area (Å²) in [5, 5.41) is 12.2. The van der Waals surface area contributed by atoms with Crippen LogP contribution < -0.4 is 5.32 Å². The van der Waals surface area contributed by atoms with Crippen LogP contribution in [0.1, 0.15) is 60.3 Å². The maximum Gasteiger partial charge on any atom is 0.329 e. The number of nitrogens with zero attached hydrogens (tertiary/aromatic N) is 1. The molecule has 0 spiro atoms. The Kier molecular flexibility index (Phi) is 5.57. The van der Waals surface area contributed by atoms with Crippen molar-refractivity contribution in [2.45, 2.75) is 84.0 Å². The van der Waals surface area contributed by atoms with Gasteiger partial charge in [0.25, 0.3) is 0 Å². The Balaban J connectivity index is 2.81. The van der Waals surface area contributed by atoms with Gasteiger partial charge in [-0.1, -0.05) is 13.8 Å². The van der Waals surface area contributed by atoms with Gasteiger partial charge in [-0.25, -0.2) is 4.79 Å². The van der Waals surface area contributed by atoms with Gasteiger partial charge in [0.15, 0.2) is 0 Å². The van der Waals surface area contributed by atoms with Gasteiger partial charge in [-0.15, -0.1) is 0 Å². The van der Waals surface area contributed by atoms with Crippen LogP contribution in [-0.4, -0.2) is 45.5 Å². The Morgan fingerprint density at radius 2 is 1.70 bits per heavy atom. The molecule has 5 nitrogen and oxygen atoms in total. The highest BCUT2D eigenvalue weighted by molar-refractivity contribution is 5.89. The van der Waals surface area contributed by atoms with E-state index in [2.05, 4.69) is 24.1 Å². The first-order valence-corrected chi connectivity index (χ1v) is 7.61. The lowest BCUT2D eigenvalue weighted by Gasteiger charge is -2.35. The molecule has 3 unspecified atom stereocenters. The molecule has 20 heavy (non-hydrogen) atoms. The van der Waals surface area contributed by atoms with Crippen LogP contribution in [0.4, 0.5) is 0 Å². The number of hydrogen-bond acceptors (Lipinski definition) is 3. The summed E-state index contributed by atoms with van der Waals surface area (Å²) in [6.45, 7) is 9.70. The lowest BCUT2D eigenvalue weighted by Crippen LogP contribution is -2.59. The minimum atomic E-state index is -1.14. The minimum absolute atomic E-state index is 0.184. The number of likely N-dealkylation sites (tertiary alicyclic amines) is 1. The van der Waals surface area contributed by atoms with Crippen LogP contribution in [0.25, 0.3) is 0 Å².